The quantitative estimate of drug-likeness (QED) is 0.842. The Bertz CT molecular complexity index is 735. The number of nitrogens with zero attached hydrogens (tertiary/aromatic N) is 4. The number of fused-ring (bicyclic) bond motifs is 1. The van der Waals surface area contributed by atoms with E-state index in [4.69, 9.17) is 4.74 Å². The van der Waals surface area contributed by atoms with E-state index in [9.17, 15) is 14.7 Å². The van der Waals surface area contributed by atoms with Gasteiger partial charge in [-0.15, -0.1) is 0 Å². The van der Waals surface area contributed by atoms with E-state index < -0.39 is 12.0 Å². The van der Waals surface area contributed by atoms with Crippen molar-refractivity contribution >= 4 is 17.8 Å². The largest absolute Gasteiger partial charge is 0.481 e. The van der Waals surface area contributed by atoms with Crippen molar-refractivity contribution < 1.29 is 19.4 Å². The maximum atomic E-state index is 13.3. The number of rotatable bonds is 4. The number of carboxylic acid groups (broad SMARTS) is 1. The number of carbonyl (C=O) groups excluding carboxylic acids is 1. The molecule has 0 radical (unpaired) electrons. The van der Waals surface area contributed by atoms with Crippen molar-refractivity contribution in [3.8, 4) is 5.88 Å². The molecule has 8 heteroatoms. The lowest BCUT2D eigenvalue weighted by atomic mass is 9.84. The minimum Gasteiger partial charge on any atom is -0.481 e. The number of hydrogen-bond acceptors (Lipinski definition) is 6. The first-order chi connectivity index (χ1) is 13.6. The third kappa shape index (κ3) is 3.52. The summed E-state index contributed by atoms with van der Waals surface area (Å²) in [5, 5.41) is 9.69. The van der Waals surface area contributed by atoms with E-state index in [1.165, 1.54) is 0 Å². The monoisotopic (exact) mass is 388 g/mol. The Balaban J connectivity index is 1.43. The van der Waals surface area contributed by atoms with E-state index in [0.29, 0.717) is 50.1 Å². The zero-order valence-corrected chi connectivity index (χ0v) is 16.3. The van der Waals surface area contributed by atoms with Gasteiger partial charge in [0.2, 0.25) is 17.7 Å². The molecule has 2 saturated heterocycles. The van der Waals surface area contributed by atoms with Gasteiger partial charge in [0.05, 0.1) is 7.11 Å². The van der Waals surface area contributed by atoms with Crippen molar-refractivity contribution in [3.05, 3.63) is 12.3 Å². The van der Waals surface area contributed by atoms with Crippen LogP contribution in [-0.4, -0.2) is 64.1 Å². The molecule has 8 nitrogen and oxygen atoms in total. The van der Waals surface area contributed by atoms with Crippen molar-refractivity contribution in [2.24, 2.45) is 11.8 Å². The third-order valence-electron chi connectivity index (χ3n) is 6.58. The Kier molecular flexibility index (Phi) is 5.37. The summed E-state index contributed by atoms with van der Waals surface area (Å²) in [6, 6.07) is 1.17. The number of anilines is 1. The van der Waals surface area contributed by atoms with Crippen LogP contribution in [0.2, 0.25) is 0 Å². The number of amides is 1. The van der Waals surface area contributed by atoms with E-state index in [1.807, 2.05) is 0 Å². The Morgan fingerprint density at radius 2 is 1.93 bits per heavy atom. The zero-order valence-electron chi connectivity index (χ0n) is 16.3. The maximum absolute atomic E-state index is 13.3. The van der Waals surface area contributed by atoms with E-state index in [1.54, 1.807) is 24.3 Å². The van der Waals surface area contributed by atoms with Crippen molar-refractivity contribution in [2.45, 2.75) is 57.0 Å². The Morgan fingerprint density at radius 1 is 1.18 bits per heavy atom. The first-order valence-electron chi connectivity index (χ1n) is 10.3. The minimum absolute atomic E-state index is 0.0352. The zero-order chi connectivity index (χ0) is 19.7. The highest BCUT2D eigenvalue weighted by atomic mass is 16.5. The van der Waals surface area contributed by atoms with Gasteiger partial charge in [0, 0.05) is 37.3 Å². The van der Waals surface area contributed by atoms with Gasteiger partial charge in [-0.05, 0) is 38.0 Å². The molecule has 1 aromatic rings. The molecule has 3 heterocycles. The molecule has 3 aliphatic rings. The predicted molar refractivity (Wildman–Crippen MR) is 102 cm³/mol. The van der Waals surface area contributed by atoms with Crippen molar-refractivity contribution in [1.82, 2.24) is 14.9 Å². The summed E-state index contributed by atoms with van der Waals surface area (Å²) in [6.45, 7) is 1.37. The van der Waals surface area contributed by atoms with Crippen LogP contribution in [0.3, 0.4) is 0 Å². The minimum atomic E-state index is -0.857. The van der Waals surface area contributed by atoms with Crippen LogP contribution in [0.4, 0.5) is 5.95 Å². The summed E-state index contributed by atoms with van der Waals surface area (Å²) >= 11 is 0. The molecule has 4 rings (SSSR count). The number of hydrogen-bond donors (Lipinski definition) is 1. The standard InChI is InChI=1S/C20H28N4O4/c1-28-17-6-9-21-20(22-17)23-10-7-13(8-11-23)18(25)24-15-5-3-2-4-14(15)12-16(24)19(26)27/h6,9,13-16H,2-5,7-8,10-12H2,1H3,(H,26,27)/t14-,15+,16-/m0/s1. The van der Waals surface area contributed by atoms with Crippen molar-refractivity contribution in [1.29, 1.82) is 0 Å². The molecule has 1 aromatic heterocycles. The lowest BCUT2D eigenvalue weighted by molar-refractivity contribution is -0.152. The van der Waals surface area contributed by atoms with Gasteiger partial charge in [-0.3, -0.25) is 4.79 Å². The SMILES string of the molecule is COc1ccnc(N2CCC(C(=O)N3[C@@H]4CCCC[C@H]4C[C@H]3C(=O)O)CC2)n1. The van der Waals surface area contributed by atoms with E-state index in [0.717, 1.165) is 25.7 Å². The summed E-state index contributed by atoms with van der Waals surface area (Å²) in [5.74, 6) is 0.543. The van der Waals surface area contributed by atoms with E-state index in [2.05, 4.69) is 14.9 Å². The lowest BCUT2D eigenvalue weighted by Gasteiger charge is -2.38. The fourth-order valence-electron chi connectivity index (χ4n) is 5.13. The number of piperidine rings is 1. The summed E-state index contributed by atoms with van der Waals surface area (Å²) in [4.78, 5) is 37.6. The Hall–Kier alpha value is -2.38. The molecule has 0 bridgehead atoms. The molecule has 152 valence electrons. The Morgan fingerprint density at radius 3 is 2.64 bits per heavy atom. The lowest BCUT2D eigenvalue weighted by Crippen LogP contribution is -2.50. The van der Waals surface area contributed by atoms with Crippen LogP contribution in [0.5, 0.6) is 5.88 Å². The summed E-state index contributed by atoms with van der Waals surface area (Å²) in [5.41, 5.74) is 0. The molecule has 28 heavy (non-hydrogen) atoms. The highest BCUT2D eigenvalue weighted by Crippen LogP contribution is 2.41. The molecule has 1 N–H and O–H groups in total. The highest BCUT2D eigenvalue weighted by molar-refractivity contribution is 5.86. The van der Waals surface area contributed by atoms with Crippen LogP contribution in [0.25, 0.3) is 0 Å². The fraction of sp³-hybridized carbons (Fsp3) is 0.700. The number of ether oxygens (including phenoxy) is 1. The van der Waals surface area contributed by atoms with Gasteiger partial charge >= 0.3 is 5.97 Å². The first kappa shape index (κ1) is 19.0. The van der Waals surface area contributed by atoms with Crippen molar-refractivity contribution in [3.63, 3.8) is 0 Å². The maximum Gasteiger partial charge on any atom is 0.326 e. The highest BCUT2D eigenvalue weighted by Gasteiger charge is 2.49. The van der Waals surface area contributed by atoms with Crippen molar-refractivity contribution in [2.75, 3.05) is 25.1 Å². The van der Waals surface area contributed by atoms with E-state index in [-0.39, 0.29) is 17.9 Å². The summed E-state index contributed by atoms with van der Waals surface area (Å²) in [7, 11) is 1.57. The van der Waals surface area contributed by atoms with Crippen LogP contribution in [0.1, 0.15) is 44.9 Å². The molecule has 2 aliphatic heterocycles. The topological polar surface area (TPSA) is 95.9 Å². The van der Waals surface area contributed by atoms with Crippen LogP contribution >= 0.6 is 0 Å². The molecule has 1 saturated carbocycles. The van der Waals surface area contributed by atoms with E-state index >= 15 is 0 Å². The summed E-state index contributed by atoms with van der Waals surface area (Å²) < 4.78 is 5.16. The van der Waals surface area contributed by atoms with Gasteiger partial charge in [0.25, 0.3) is 0 Å². The number of aromatic nitrogens is 2. The van der Waals surface area contributed by atoms with Crippen LogP contribution in [0.15, 0.2) is 12.3 Å². The normalized spacial score (nSPS) is 28.1. The van der Waals surface area contributed by atoms with Gasteiger partial charge in [-0.2, -0.15) is 4.98 Å². The van der Waals surface area contributed by atoms with Crippen LogP contribution in [-0.2, 0) is 9.59 Å². The Labute approximate surface area is 164 Å². The van der Waals surface area contributed by atoms with Crippen LogP contribution < -0.4 is 9.64 Å². The number of carbonyl (C=O) groups is 2. The molecular formula is C20H28N4O4. The molecule has 0 spiro atoms. The van der Waals surface area contributed by atoms with Crippen LogP contribution in [0, 0.1) is 11.8 Å². The second-order valence-corrected chi connectivity index (χ2v) is 8.11. The van der Waals surface area contributed by atoms with Gasteiger partial charge in [-0.1, -0.05) is 12.8 Å². The molecule has 3 fully saturated rings. The molecular weight excluding hydrogens is 360 g/mol. The van der Waals surface area contributed by atoms with Gasteiger partial charge < -0.3 is 19.6 Å². The molecule has 0 unspecified atom stereocenters. The second kappa shape index (κ2) is 7.93. The number of likely N-dealkylation sites (tertiary alicyclic amines) is 1. The first-order valence-corrected chi connectivity index (χ1v) is 10.3. The predicted octanol–water partition coefficient (Wildman–Crippen LogP) is 1.95. The molecule has 1 aliphatic carbocycles. The van der Waals surface area contributed by atoms with Gasteiger partial charge in [0.15, 0.2) is 0 Å². The van der Waals surface area contributed by atoms with Gasteiger partial charge in [-0.25, -0.2) is 9.78 Å². The smallest absolute Gasteiger partial charge is 0.326 e. The second-order valence-electron chi connectivity index (χ2n) is 8.11. The van der Waals surface area contributed by atoms with Gasteiger partial charge in [0.1, 0.15) is 6.04 Å². The number of methoxy groups -OCH3 is 1. The summed E-state index contributed by atoms with van der Waals surface area (Å²) in [6.07, 6.45) is 7.89. The number of carboxylic acids is 1. The third-order valence-corrected chi connectivity index (χ3v) is 6.58. The number of aliphatic carboxylic acids is 1. The average molecular weight is 388 g/mol. The fourth-order valence-corrected chi connectivity index (χ4v) is 5.13. The average Bonchev–Trinajstić information content (AvgIpc) is 3.13. The molecule has 0 aromatic carbocycles. The molecule has 3 atom stereocenters. The molecule has 1 amide bonds.